The number of nitrogens with one attached hydrogen (secondary N) is 2. The van der Waals surface area contributed by atoms with Crippen LogP contribution in [0, 0.1) is 11.7 Å². The third kappa shape index (κ3) is 7.55. The second kappa shape index (κ2) is 12.7. The number of rotatable bonds is 10. The molecule has 3 aromatic rings. The summed E-state index contributed by atoms with van der Waals surface area (Å²) in [5, 5.41) is 14.6. The van der Waals surface area contributed by atoms with E-state index in [0.717, 1.165) is 0 Å². The summed E-state index contributed by atoms with van der Waals surface area (Å²) in [6.45, 7) is 0.500. The van der Waals surface area contributed by atoms with Gasteiger partial charge in [0.15, 0.2) is 0 Å². The molecule has 198 valence electrons. The van der Waals surface area contributed by atoms with E-state index in [2.05, 4.69) is 10.6 Å². The van der Waals surface area contributed by atoms with Crippen molar-refractivity contribution in [1.82, 2.24) is 10.6 Å². The Kier molecular flexibility index (Phi) is 8.92. The number of carbonyl (C=O) groups excluding carboxylic acids is 2. The summed E-state index contributed by atoms with van der Waals surface area (Å²) in [5.41, 5.74) is 0.907. The Morgan fingerprint density at radius 3 is 1.63 bits per heavy atom. The van der Waals surface area contributed by atoms with E-state index in [9.17, 15) is 18.8 Å². The fourth-order valence-electron chi connectivity index (χ4n) is 4.17. The van der Waals surface area contributed by atoms with Gasteiger partial charge < -0.3 is 25.2 Å². The molecular weight excluding hydrogens is 491 g/mol. The van der Waals surface area contributed by atoms with Crippen molar-refractivity contribution < 1.29 is 33.4 Å². The lowest BCUT2D eigenvalue weighted by atomic mass is 9.87. The van der Waals surface area contributed by atoms with Gasteiger partial charge in [0.2, 0.25) is 0 Å². The molecule has 3 aromatic carbocycles. The van der Waals surface area contributed by atoms with Crippen LogP contribution in [0.1, 0.15) is 46.4 Å². The smallest absolute Gasteiger partial charge is 0.306 e. The quantitative estimate of drug-likeness (QED) is 0.331. The number of hydrogen-bond donors (Lipinski definition) is 3. The number of aliphatic carboxylic acids is 1. The molecule has 0 bridgehead atoms. The Morgan fingerprint density at radius 1 is 0.711 bits per heavy atom. The maximum Gasteiger partial charge on any atom is 0.306 e. The molecule has 3 N–H and O–H groups in total. The molecule has 1 saturated carbocycles. The van der Waals surface area contributed by atoms with E-state index in [-0.39, 0.29) is 42.7 Å². The Hall–Kier alpha value is -4.40. The molecule has 4 rings (SSSR count). The monoisotopic (exact) mass is 520 g/mol. The van der Waals surface area contributed by atoms with Crippen LogP contribution in [0.4, 0.5) is 4.39 Å². The van der Waals surface area contributed by atoms with E-state index in [1.54, 1.807) is 48.5 Å². The van der Waals surface area contributed by atoms with Crippen molar-refractivity contribution in [2.24, 2.45) is 5.92 Å². The van der Waals surface area contributed by atoms with Crippen LogP contribution < -0.4 is 20.1 Å². The predicted octanol–water partition coefficient (Wildman–Crippen LogP) is 4.80. The first-order valence-electron chi connectivity index (χ1n) is 12.5. The summed E-state index contributed by atoms with van der Waals surface area (Å²) in [7, 11) is 0. The molecule has 0 spiro atoms. The van der Waals surface area contributed by atoms with Crippen LogP contribution >= 0.6 is 0 Å². The molecular formula is C29H29FN2O6. The summed E-state index contributed by atoms with van der Waals surface area (Å²) in [6, 6.07) is 19.0. The Bertz CT molecular complexity index is 1240. The number of carboxylic acids is 1. The van der Waals surface area contributed by atoms with Crippen molar-refractivity contribution in [2.75, 3.05) is 13.1 Å². The van der Waals surface area contributed by atoms with Crippen molar-refractivity contribution in [3.8, 4) is 17.2 Å². The van der Waals surface area contributed by atoms with Crippen molar-refractivity contribution in [2.45, 2.75) is 31.8 Å². The van der Waals surface area contributed by atoms with Gasteiger partial charge in [-0.1, -0.05) is 0 Å². The zero-order chi connectivity index (χ0) is 26.9. The molecule has 0 aliphatic heterocycles. The highest BCUT2D eigenvalue weighted by Crippen LogP contribution is 2.28. The van der Waals surface area contributed by atoms with Crippen molar-refractivity contribution in [1.29, 1.82) is 0 Å². The Morgan fingerprint density at radius 2 is 1.16 bits per heavy atom. The predicted molar refractivity (Wildman–Crippen MR) is 138 cm³/mol. The number of ether oxygens (including phenoxy) is 2. The molecule has 0 unspecified atom stereocenters. The molecule has 2 amide bonds. The van der Waals surface area contributed by atoms with Crippen molar-refractivity contribution in [3.05, 3.63) is 89.7 Å². The summed E-state index contributed by atoms with van der Waals surface area (Å²) in [5.74, 6) is -0.299. The zero-order valence-electron chi connectivity index (χ0n) is 20.7. The third-order valence-corrected chi connectivity index (χ3v) is 6.30. The summed E-state index contributed by atoms with van der Waals surface area (Å²) >= 11 is 0. The fourth-order valence-corrected chi connectivity index (χ4v) is 4.17. The van der Waals surface area contributed by atoms with E-state index >= 15 is 0 Å². The molecule has 8 nitrogen and oxygen atoms in total. The molecule has 0 aromatic heterocycles. The van der Waals surface area contributed by atoms with Crippen LogP contribution in [0.2, 0.25) is 0 Å². The van der Waals surface area contributed by atoms with Gasteiger partial charge in [0.05, 0.1) is 12.0 Å². The maximum absolute atomic E-state index is 13.0. The molecule has 0 atom stereocenters. The van der Waals surface area contributed by atoms with Gasteiger partial charge in [-0.25, -0.2) is 4.39 Å². The number of benzene rings is 3. The van der Waals surface area contributed by atoms with Gasteiger partial charge in [-0.2, -0.15) is 0 Å². The molecule has 0 radical (unpaired) electrons. The van der Waals surface area contributed by atoms with E-state index in [0.29, 0.717) is 54.1 Å². The highest BCUT2D eigenvalue weighted by molar-refractivity contribution is 5.95. The Balaban J connectivity index is 1.16. The Labute approximate surface area is 219 Å². The lowest BCUT2D eigenvalue weighted by Gasteiger charge is -2.26. The lowest BCUT2D eigenvalue weighted by molar-refractivity contribution is -0.143. The van der Waals surface area contributed by atoms with Crippen molar-refractivity contribution in [3.63, 3.8) is 0 Å². The molecule has 0 saturated heterocycles. The second-order valence-electron chi connectivity index (χ2n) is 9.05. The number of amides is 2. The summed E-state index contributed by atoms with van der Waals surface area (Å²) in [4.78, 5) is 35.9. The van der Waals surface area contributed by atoms with Gasteiger partial charge in [-0.15, -0.1) is 0 Å². The van der Waals surface area contributed by atoms with Gasteiger partial charge in [0.1, 0.15) is 23.1 Å². The number of carbonyl (C=O) groups is 3. The first-order valence-corrected chi connectivity index (χ1v) is 12.5. The average molecular weight is 521 g/mol. The first-order chi connectivity index (χ1) is 18.4. The standard InChI is InChI=1S/C29H29FN2O6/c30-22-7-15-26(16-8-22)38-24-11-3-20(4-12-24)28(34)32-18-17-31-27(33)19-1-9-23(10-2-19)37-25-13-5-21(6-14-25)29(35)36/h1-4,7-12,15-16,21,25H,5-6,13-14,17-18H2,(H,31,33)(H,32,34)(H,35,36)/t21-,25+. The number of hydrogen-bond acceptors (Lipinski definition) is 5. The largest absolute Gasteiger partial charge is 0.490 e. The second-order valence-corrected chi connectivity index (χ2v) is 9.05. The van der Waals surface area contributed by atoms with Crippen LogP contribution in [-0.2, 0) is 4.79 Å². The number of carboxylic acid groups (broad SMARTS) is 1. The zero-order valence-corrected chi connectivity index (χ0v) is 20.7. The maximum atomic E-state index is 13.0. The van der Waals surface area contributed by atoms with Gasteiger partial charge >= 0.3 is 5.97 Å². The molecule has 1 fully saturated rings. The average Bonchev–Trinajstić information content (AvgIpc) is 2.93. The normalized spacial score (nSPS) is 16.8. The highest BCUT2D eigenvalue weighted by Gasteiger charge is 2.26. The molecule has 9 heteroatoms. The molecule has 38 heavy (non-hydrogen) atoms. The molecule has 1 aliphatic rings. The van der Waals surface area contributed by atoms with Crippen LogP contribution in [0.5, 0.6) is 17.2 Å². The van der Waals surface area contributed by atoms with E-state index < -0.39 is 5.97 Å². The van der Waals surface area contributed by atoms with Crippen LogP contribution in [-0.4, -0.2) is 42.1 Å². The van der Waals surface area contributed by atoms with E-state index in [1.165, 1.54) is 24.3 Å². The minimum Gasteiger partial charge on any atom is -0.490 e. The van der Waals surface area contributed by atoms with Gasteiger partial charge in [-0.05, 0) is 98.5 Å². The van der Waals surface area contributed by atoms with E-state index in [1.807, 2.05) is 0 Å². The highest BCUT2D eigenvalue weighted by atomic mass is 19.1. The van der Waals surface area contributed by atoms with Crippen molar-refractivity contribution >= 4 is 17.8 Å². The number of halogens is 1. The van der Waals surface area contributed by atoms with Gasteiger partial charge in [0, 0.05) is 24.2 Å². The fraction of sp³-hybridized carbons (Fsp3) is 0.276. The van der Waals surface area contributed by atoms with Crippen LogP contribution in [0.25, 0.3) is 0 Å². The van der Waals surface area contributed by atoms with Gasteiger partial charge in [-0.3, -0.25) is 14.4 Å². The minimum absolute atomic E-state index is 0.0209. The van der Waals surface area contributed by atoms with E-state index in [4.69, 9.17) is 14.6 Å². The topological polar surface area (TPSA) is 114 Å². The molecule has 1 aliphatic carbocycles. The minimum atomic E-state index is -0.748. The summed E-state index contributed by atoms with van der Waals surface area (Å²) in [6.07, 6.45) is 2.58. The first kappa shape index (κ1) is 26.7. The summed E-state index contributed by atoms with van der Waals surface area (Å²) < 4.78 is 24.5. The SMILES string of the molecule is O=C(NCCNC(=O)c1ccc(O[C@H]2CC[C@@H](C(=O)O)CC2)cc1)c1ccc(Oc2ccc(F)cc2)cc1. The van der Waals surface area contributed by atoms with Gasteiger partial charge in [0.25, 0.3) is 11.8 Å². The molecule has 0 heterocycles. The van der Waals surface area contributed by atoms with Crippen LogP contribution in [0.15, 0.2) is 72.8 Å². The van der Waals surface area contributed by atoms with Crippen LogP contribution in [0.3, 0.4) is 0 Å². The lowest BCUT2D eigenvalue weighted by Crippen LogP contribution is -2.34. The third-order valence-electron chi connectivity index (χ3n) is 6.30.